The van der Waals surface area contributed by atoms with Crippen LogP contribution in [0, 0.1) is 0 Å². The summed E-state index contributed by atoms with van der Waals surface area (Å²) in [5.41, 5.74) is 2.08. The normalized spacial score (nSPS) is 18.1. The monoisotopic (exact) mass is 518 g/mol. The highest BCUT2D eigenvalue weighted by Crippen LogP contribution is 2.33. The number of hydrogen-bond acceptors (Lipinski definition) is 8. The SMILES string of the molecule is CCCN[C@@H]1CN(c2nc3cccc(C(=O)OCC)c3s2)CC[C@@H]1NC(=O)c1nc(Cl)c(CC)[nH]1. The lowest BCUT2D eigenvalue weighted by atomic mass is 9.99. The number of halogens is 1. The van der Waals surface area contributed by atoms with Crippen LogP contribution in [0.1, 0.15) is 60.3 Å². The Hall–Kier alpha value is -2.69. The van der Waals surface area contributed by atoms with Gasteiger partial charge in [0.05, 0.1) is 28.1 Å². The first-order valence-corrected chi connectivity index (χ1v) is 13.2. The fraction of sp³-hybridized carbons (Fsp3) is 0.500. The number of H-pyrrole nitrogens is 1. The minimum atomic E-state index is -0.332. The van der Waals surface area contributed by atoms with Crippen LogP contribution in [0.2, 0.25) is 5.15 Å². The largest absolute Gasteiger partial charge is 0.462 e. The average Bonchev–Trinajstić information content (AvgIpc) is 3.46. The third-order valence-corrected chi connectivity index (χ3v) is 7.53. The molecule has 1 aliphatic rings. The van der Waals surface area contributed by atoms with Crippen molar-refractivity contribution in [3.05, 3.63) is 40.4 Å². The summed E-state index contributed by atoms with van der Waals surface area (Å²) in [5.74, 6) is -0.352. The van der Waals surface area contributed by atoms with Crippen LogP contribution in [-0.4, -0.2) is 65.2 Å². The molecule has 3 heterocycles. The number of aromatic nitrogens is 3. The maximum absolute atomic E-state index is 12.9. The summed E-state index contributed by atoms with van der Waals surface area (Å²) in [6, 6.07) is 5.48. The molecule has 0 radical (unpaired) electrons. The van der Waals surface area contributed by atoms with Gasteiger partial charge in [0.2, 0.25) is 0 Å². The number of thiazole rings is 1. The molecule has 188 valence electrons. The molecule has 0 unspecified atom stereocenters. The van der Waals surface area contributed by atoms with Gasteiger partial charge in [-0.2, -0.15) is 0 Å². The van der Waals surface area contributed by atoms with Crippen LogP contribution in [0.25, 0.3) is 10.2 Å². The first-order chi connectivity index (χ1) is 16.9. The topological polar surface area (TPSA) is 112 Å². The third kappa shape index (κ3) is 5.60. The van der Waals surface area contributed by atoms with Crippen LogP contribution in [-0.2, 0) is 11.2 Å². The molecule has 1 aliphatic heterocycles. The number of anilines is 1. The van der Waals surface area contributed by atoms with Crippen LogP contribution >= 0.6 is 22.9 Å². The molecule has 9 nitrogen and oxygen atoms in total. The molecule has 3 aromatic rings. The van der Waals surface area contributed by atoms with Crippen LogP contribution in [0.4, 0.5) is 5.13 Å². The molecular weight excluding hydrogens is 488 g/mol. The molecule has 2 atom stereocenters. The number of esters is 1. The number of carbonyl (C=O) groups excluding carboxylic acids is 2. The standard InChI is InChI=1S/C24H31ClN6O3S/c1-4-11-26-18-13-31(12-10-16(18)28-22(32)21-27-15(5-2)20(25)30-21)24-29-17-9-7-8-14(19(17)35-24)23(33)34-6-3/h7-9,16,18,26H,4-6,10-13H2,1-3H3,(H,27,30)(H,28,32)/t16-,18+/m0/s1. The van der Waals surface area contributed by atoms with Gasteiger partial charge in [-0.1, -0.05) is 42.9 Å². The van der Waals surface area contributed by atoms with Gasteiger partial charge in [0.25, 0.3) is 5.91 Å². The lowest BCUT2D eigenvalue weighted by Crippen LogP contribution is -2.59. The molecule has 1 aromatic carbocycles. The minimum Gasteiger partial charge on any atom is -0.462 e. The number of aryl methyl sites for hydroxylation is 1. The van der Waals surface area contributed by atoms with E-state index in [9.17, 15) is 9.59 Å². The summed E-state index contributed by atoms with van der Waals surface area (Å²) in [5, 5.41) is 7.91. The Balaban J connectivity index is 1.51. The second-order valence-corrected chi connectivity index (χ2v) is 9.79. The fourth-order valence-corrected chi connectivity index (χ4v) is 5.61. The van der Waals surface area contributed by atoms with Gasteiger partial charge in [-0.15, -0.1) is 0 Å². The van der Waals surface area contributed by atoms with Crippen molar-refractivity contribution in [1.82, 2.24) is 25.6 Å². The van der Waals surface area contributed by atoms with Crippen molar-refractivity contribution in [3.63, 3.8) is 0 Å². The van der Waals surface area contributed by atoms with Crippen LogP contribution in [0.5, 0.6) is 0 Å². The molecule has 3 N–H and O–H groups in total. The number of amides is 1. The van der Waals surface area contributed by atoms with Gasteiger partial charge in [0.1, 0.15) is 0 Å². The van der Waals surface area contributed by atoms with E-state index in [1.807, 2.05) is 19.1 Å². The van der Waals surface area contributed by atoms with Crippen molar-refractivity contribution in [3.8, 4) is 0 Å². The van der Waals surface area contributed by atoms with Gasteiger partial charge < -0.3 is 25.3 Å². The number of benzene rings is 1. The highest BCUT2D eigenvalue weighted by molar-refractivity contribution is 7.22. The molecule has 0 bridgehead atoms. The van der Waals surface area contributed by atoms with E-state index in [2.05, 4.69) is 32.4 Å². The number of aromatic amines is 1. The quantitative estimate of drug-likeness (QED) is 0.369. The third-order valence-electron chi connectivity index (χ3n) is 6.05. The number of hydrogen-bond donors (Lipinski definition) is 3. The molecule has 11 heteroatoms. The van der Waals surface area contributed by atoms with E-state index in [1.54, 1.807) is 13.0 Å². The highest BCUT2D eigenvalue weighted by atomic mass is 35.5. The molecule has 0 aliphatic carbocycles. The van der Waals surface area contributed by atoms with Crippen molar-refractivity contribution in [1.29, 1.82) is 0 Å². The Morgan fingerprint density at radius 3 is 2.80 bits per heavy atom. The predicted molar refractivity (Wildman–Crippen MR) is 139 cm³/mol. The molecule has 0 spiro atoms. The molecule has 4 rings (SSSR count). The zero-order valence-corrected chi connectivity index (χ0v) is 21.8. The van der Waals surface area contributed by atoms with Crippen molar-refractivity contribution in [2.75, 3.05) is 31.1 Å². The Morgan fingerprint density at radius 2 is 2.09 bits per heavy atom. The fourth-order valence-electron chi connectivity index (χ4n) is 4.24. The summed E-state index contributed by atoms with van der Waals surface area (Å²) in [6.07, 6.45) is 2.40. The number of rotatable bonds is 9. The average molecular weight is 519 g/mol. The predicted octanol–water partition coefficient (Wildman–Crippen LogP) is 3.79. The van der Waals surface area contributed by atoms with Crippen LogP contribution in [0.15, 0.2) is 18.2 Å². The van der Waals surface area contributed by atoms with Gasteiger partial charge in [-0.3, -0.25) is 4.79 Å². The van der Waals surface area contributed by atoms with Gasteiger partial charge in [0.15, 0.2) is 16.1 Å². The number of carbonyl (C=O) groups is 2. The van der Waals surface area contributed by atoms with E-state index in [1.165, 1.54) is 11.3 Å². The van der Waals surface area contributed by atoms with Crippen molar-refractivity contribution >= 4 is 50.2 Å². The van der Waals surface area contributed by atoms with Crippen molar-refractivity contribution < 1.29 is 14.3 Å². The Bertz CT molecular complexity index is 1200. The lowest BCUT2D eigenvalue weighted by molar-refractivity contribution is 0.0528. The summed E-state index contributed by atoms with van der Waals surface area (Å²) >= 11 is 7.62. The van der Waals surface area contributed by atoms with Crippen molar-refractivity contribution in [2.24, 2.45) is 0 Å². The molecule has 2 aromatic heterocycles. The van der Waals surface area contributed by atoms with Crippen LogP contribution < -0.4 is 15.5 Å². The summed E-state index contributed by atoms with van der Waals surface area (Å²) in [4.78, 5) is 39.5. The van der Waals surface area contributed by atoms with Gasteiger partial charge in [0, 0.05) is 25.2 Å². The molecule has 1 saturated heterocycles. The van der Waals surface area contributed by atoms with E-state index in [4.69, 9.17) is 21.3 Å². The number of piperidine rings is 1. The van der Waals surface area contributed by atoms with Crippen molar-refractivity contribution in [2.45, 2.75) is 52.1 Å². The van der Waals surface area contributed by atoms with E-state index in [-0.39, 0.29) is 29.8 Å². The zero-order valence-electron chi connectivity index (χ0n) is 20.2. The summed E-state index contributed by atoms with van der Waals surface area (Å²) in [6.45, 7) is 8.44. The number of nitrogens with one attached hydrogen (secondary N) is 3. The second kappa shape index (κ2) is 11.4. The molecule has 1 fully saturated rings. The second-order valence-electron chi connectivity index (χ2n) is 8.45. The maximum atomic E-state index is 12.9. The van der Waals surface area contributed by atoms with Gasteiger partial charge >= 0.3 is 5.97 Å². The Kier molecular flexibility index (Phi) is 8.25. The smallest absolute Gasteiger partial charge is 0.339 e. The van der Waals surface area contributed by atoms with Gasteiger partial charge in [-0.25, -0.2) is 14.8 Å². The Labute approximate surface area is 213 Å². The molecule has 0 saturated carbocycles. The van der Waals surface area contributed by atoms with E-state index >= 15 is 0 Å². The number of ether oxygens (including phenoxy) is 1. The number of fused-ring (bicyclic) bond motifs is 1. The van der Waals surface area contributed by atoms with Crippen LogP contribution in [0.3, 0.4) is 0 Å². The minimum absolute atomic E-state index is 0.0280. The van der Waals surface area contributed by atoms with Gasteiger partial charge in [-0.05, 0) is 44.9 Å². The molecule has 35 heavy (non-hydrogen) atoms. The number of nitrogens with zero attached hydrogens (tertiary/aromatic N) is 3. The van der Waals surface area contributed by atoms with E-state index in [0.717, 1.165) is 47.0 Å². The van der Waals surface area contributed by atoms with E-state index in [0.29, 0.717) is 30.3 Å². The molecular formula is C24H31ClN6O3S. The summed E-state index contributed by atoms with van der Waals surface area (Å²) in [7, 11) is 0. The first kappa shape index (κ1) is 25.4. The number of imidazole rings is 1. The van der Waals surface area contributed by atoms with E-state index < -0.39 is 0 Å². The maximum Gasteiger partial charge on any atom is 0.339 e. The zero-order chi connectivity index (χ0) is 24.9. The summed E-state index contributed by atoms with van der Waals surface area (Å²) < 4.78 is 6.05. The first-order valence-electron chi connectivity index (χ1n) is 12.0. The lowest BCUT2D eigenvalue weighted by Gasteiger charge is -2.39. The highest BCUT2D eigenvalue weighted by Gasteiger charge is 2.32. The molecule has 1 amide bonds. The Morgan fingerprint density at radius 1 is 1.26 bits per heavy atom.